The van der Waals surface area contributed by atoms with Crippen molar-refractivity contribution >= 4 is 31.9 Å². The summed E-state index contributed by atoms with van der Waals surface area (Å²) in [6.45, 7) is 0. The van der Waals surface area contributed by atoms with Gasteiger partial charge in [0.15, 0.2) is 10.7 Å². The van der Waals surface area contributed by atoms with Gasteiger partial charge in [-0.25, -0.2) is 18.4 Å². The summed E-state index contributed by atoms with van der Waals surface area (Å²) in [6.07, 6.45) is 0. The van der Waals surface area contributed by atoms with E-state index in [9.17, 15) is 8.42 Å². The molecule has 6 heteroatoms. The molecule has 47 heavy (non-hydrogen) atoms. The van der Waals surface area contributed by atoms with Gasteiger partial charge < -0.3 is 0 Å². The SMILES string of the molecule is O=S1(=O)c2ccccc2C2(c3ccccc3-c3ccccc32)c2nc3c4ccccc4n(-c4ccc(-c5ccccc5)cc4)c3nc21. The minimum absolute atomic E-state index is 0.000156. The molecule has 1 aliphatic heterocycles. The number of aromatic nitrogens is 3. The van der Waals surface area contributed by atoms with Crippen LogP contribution >= 0.6 is 0 Å². The van der Waals surface area contributed by atoms with Crippen molar-refractivity contribution in [1.29, 1.82) is 0 Å². The van der Waals surface area contributed by atoms with Crippen molar-refractivity contribution in [2.24, 2.45) is 0 Å². The number of para-hydroxylation sites is 1. The molecule has 0 bridgehead atoms. The van der Waals surface area contributed by atoms with E-state index in [0.717, 1.165) is 50.0 Å². The Hall–Kier alpha value is -5.85. The van der Waals surface area contributed by atoms with Crippen LogP contribution < -0.4 is 0 Å². The van der Waals surface area contributed by atoms with E-state index >= 15 is 0 Å². The van der Waals surface area contributed by atoms with E-state index in [1.807, 2.05) is 83.4 Å². The highest BCUT2D eigenvalue weighted by atomic mass is 32.2. The molecule has 0 amide bonds. The molecular formula is C41H25N3O2S. The third kappa shape index (κ3) is 3.35. The number of hydrogen-bond acceptors (Lipinski definition) is 4. The first-order valence-electron chi connectivity index (χ1n) is 15.6. The van der Waals surface area contributed by atoms with E-state index in [1.54, 1.807) is 12.1 Å². The Kier molecular flexibility index (Phi) is 5.24. The summed E-state index contributed by atoms with van der Waals surface area (Å²) in [5.74, 6) is 0. The van der Waals surface area contributed by atoms with Crippen LogP contribution in [0.15, 0.2) is 162 Å². The van der Waals surface area contributed by atoms with Crippen LogP contribution in [0.3, 0.4) is 0 Å². The predicted molar refractivity (Wildman–Crippen MR) is 185 cm³/mol. The highest BCUT2D eigenvalue weighted by molar-refractivity contribution is 7.91. The van der Waals surface area contributed by atoms with Gasteiger partial charge in [0, 0.05) is 11.1 Å². The summed E-state index contributed by atoms with van der Waals surface area (Å²) < 4.78 is 31.3. The Bertz CT molecular complexity index is 2650. The largest absolute Gasteiger partial charge is 0.293 e. The van der Waals surface area contributed by atoms with Crippen molar-refractivity contribution in [3.8, 4) is 27.9 Å². The molecule has 0 N–H and O–H groups in total. The smallest absolute Gasteiger partial charge is 0.226 e. The molecule has 0 saturated heterocycles. The van der Waals surface area contributed by atoms with E-state index in [-0.39, 0.29) is 9.92 Å². The van der Waals surface area contributed by atoms with E-state index in [0.29, 0.717) is 22.4 Å². The molecule has 2 aliphatic rings. The zero-order valence-corrected chi connectivity index (χ0v) is 25.8. The van der Waals surface area contributed by atoms with Crippen molar-refractivity contribution in [3.63, 3.8) is 0 Å². The Balaban J connectivity index is 1.33. The standard InChI is InChI=1S/C41H25N3O2S/c45-47(46)36-21-11-9-19-34(36)41(32-17-7-4-14-29(32)30-15-5-8-18-33(30)41)38-40(47)43-39-37(42-38)31-16-6-10-20-35(31)44(39)28-24-22-27(23-25-28)26-12-2-1-3-13-26/h1-25H. The molecule has 3 heterocycles. The molecule has 1 spiro atoms. The maximum Gasteiger partial charge on any atom is 0.226 e. The lowest BCUT2D eigenvalue weighted by molar-refractivity contribution is 0.569. The van der Waals surface area contributed by atoms with Gasteiger partial charge in [0.1, 0.15) is 5.52 Å². The Morgan fingerprint density at radius 3 is 1.83 bits per heavy atom. The molecule has 0 radical (unpaired) electrons. The van der Waals surface area contributed by atoms with Gasteiger partial charge in [-0.1, -0.05) is 127 Å². The minimum Gasteiger partial charge on any atom is -0.293 e. The second-order valence-electron chi connectivity index (χ2n) is 12.2. The maximum absolute atomic E-state index is 14.7. The molecule has 0 unspecified atom stereocenters. The zero-order valence-electron chi connectivity index (χ0n) is 25.0. The van der Waals surface area contributed by atoms with Crippen LogP contribution in [0.1, 0.15) is 22.4 Å². The summed E-state index contributed by atoms with van der Waals surface area (Å²) in [6, 6.07) is 50.5. The molecule has 5 nitrogen and oxygen atoms in total. The van der Waals surface area contributed by atoms with Crippen LogP contribution in [-0.4, -0.2) is 23.0 Å². The fraction of sp³-hybridized carbons (Fsp3) is 0.0244. The van der Waals surface area contributed by atoms with Gasteiger partial charge in [-0.05, 0) is 63.2 Å². The van der Waals surface area contributed by atoms with Gasteiger partial charge in [0.25, 0.3) is 0 Å². The van der Waals surface area contributed by atoms with Crippen LogP contribution in [0.4, 0.5) is 0 Å². The Morgan fingerprint density at radius 2 is 1.11 bits per heavy atom. The monoisotopic (exact) mass is 623 g/mol. The van der Waals surface area contributed by atoms with Crippen LogP contribution in [0.5, 0.6) is 0 Å². The average Bonchev–Trinajstić information content (AvgIpc) is 3.61. The molecule has 222 valence electrons. The molecule has 0 saturated carbocycles. The molecule has 2 aromatic heterocycles. The summed E-state index contributed by atoms with van der Waals surface area (Å²) in [5, 5.41) is 0.913. The second kappa shape index (κ2) is 9.34. The molecule has 1 aliphatic carbocycles. The van der Waals surface area contributed by atoms with E-state index in [1.165, 1.54) is 0 Å². The second-order valence-corrected chi connectivity index (χ2v) is 14.0. The minimum atomic E-state index is -4.03. The lowest BCUT2D eigenvalue weighted by Gasteiger charge is -2.37. The lowest BCUT2D eigenvalue weighted by Crippen LogP contribution is -2.37. The van der Waals surface area contributed by atoms with Gasteiger partial charge in [-0.2, -0.15) is 0 Å². The summed E-state index contributed by atoms with van der Waals surface area (Å²) >= 11 is 0. The van der Waals surface area contributed by atoms with Crippen LogP contribution in [0.25, 0.3) is 50.0 Å². The van der Waals surface area contributed by atoms with E-state index in [4.69, 9.17) is 9.97 Å². The Labute approximate surface area is 271 Å². The van der Waals surface area contributed by atoms with Gasteiger partial charge in [0.05, 0.1) is 21.5 Å². The Morgan fingerprint density at radius 1 is 0.532 bits per heavy atom. The molecule has 10 rings (SSSR count). The number of rotatable bonds is 2. The normalized spacial score (nSPS) is 14.9. The molecule has 0 fully saturated rings. The molecule has 8 aromatic rings. The van der Waals surface area contributed by atoms with Crippen molar-refractivity contribution in [2.45, 2.75) is 15.3 Å². The lowest BCUT2D eigenvalue weighted by atomic mass is 9.70. The van der Waals surface area contributed by atoms with Crippen molar-refractivity contribution in [1.82, 2.24) is 14.5 Å². The third-order valence-electron chi connectivity index (χ3n) is 9.83. The number of nitrogens with zero attached hydrogens (tertiary/aromatic N) is 3. The van der Waals surface area contributed by atoms with Crippen LogP contribution in [0, 0.1) is 0 Å². The molecule has 6 aromatic carbocycles. The third-order valence-corrected chi connectivity index (χ3v) is 11.6. The van der Waals surface area contributed by atoms with Crippen molar-refractivity contribution in [3.05, 3.63) is 174 Å². The van der Waals surface area contributed by atoms with Gasteiger partial charge >= 0.3 is 0 Å². The fourth-order valence-electron chi connectivity index (χ4n) is 7.88. The van der Waals surface area contributed by atoms with Gasteiger partial charge in [-0.15, -0.1) is 0 Å². The highest BCUT2D eigenvalue weighted by Crippen LogP contribution is 2.60. The number of fused-ring (bicyclic) bond motifs is 12. The van der Waals surface area contributed by atoms with Crippen LogP contribution in [0.2, 0.25) is 0 Å². The maximum atomic E-state index is 14.7. The van der Waals surface area contributed by atoms with Crippen LogP contribution in [-0.2, 0) is 15.3 Å². The van der Waals surface area contributed by atoms with E-state index in [2.05, 4.69) is 60.7 Å². The number of benzene rings is 6. The predicted octanol–water partition coefficient (Wildman–Crippen LogP) is 8.75. The summed E-state index contributed by atoms with van der Waals surface area (Å²) in [5.41, 5.74) is 9.57. The fourth-order valence-corrected chi connectivity index (χ4v) is 9.52. The average molecular weight is 624 g/mol. The zero-order chi connectivity index (χ0) is 31.3. The first kappa shape index (κ1) is 26.4. The van der Waals surface area contributed by atoms with Gasteiger partial charge in [-0.3, -0.25) is 4.57 Å². The first-order chi connectivity index (χ1) is 23.1. The van der Waals surface area contributed by atoms with E-state index < -0.39 is 15.3 Å². The summed E-state index contributed by atoms with van der Waals surface area (Å²) in [7, 11) is -4.03. The highest BCUT2D eigenvalue weighted by Gasteiger charge is 2.55. The first-order valence-corrected chi connectivity index (χ1v) is 17.1. The molecular weight excluding hydrogens is 599 g/mol. The summed E-state index contributed by atoms with van der Waals surface area (Å²) in [4.78, 5) is 10.8. The quantitative estimate of drug-likeness (QED) is 0.193. The van der Waals surface area contributed by atoms with Crippen molar-refractivity contribution in [2.75, 3.05) is 0 Å². The number of sulfone groups is 1. The van der Waals surface area contributed by atoms with Crippen molar-refractivity contribution < 1.29 is 8.42 Å². The number of hydrogen-bond donors (Lipinski definition) is 0. The van der Waals surface area contributed by atoms with Gasteiger partial charge in [0.2, 0.25) is 9.84 Å². The topological polar surface area (TPSA) is 64.8 Å². The molecule has 0 atom stereocenters.